The van der Waals surface area contributed by atoms with Crippen molar-refractivity contribution in [3.8, 4) is 78.9 Å². The van der Waals surface area contributed by atoms with Gasteiger partial charge in [0.25, 0.3) is 0 Å². The summed E-state index contributed by atoms with van der Waals surface area (Å²) in [7, 11) is 0. The third-order valence-corrected chi connectivity index (χ3v) is 11.2. The van der Waals surface area contributed by atoms with Crippen molar-refractivity contribution in [2.24, 2.45) is 0 Å². The Morgan fingerprint density at radius 2 is 0.600 bits per heavy atom. The average Bonchev–Trinajstić information content (AvgIpc) is 3.34. The van der Waals surface area contributed by atoms with Gasteiger partial charge in [0.05, 0.1) is 11.4 Å². The Kier molecular flexibility index (Phi) is 8.75. The molecule has 0 atom stereocenters. The van der Waals surface area contributed by atoms with E-state index in [9.17, 15) is 0 Å². The number of pyridine rings is 2. The fourth-order valence-electron chi connectivity index (χ4n) is 8.22. The highest BCUT2D eigenvalue weighted by Gasteiger charge is 2.17. The van der Waals surface area contributed by atoms with E-state index >= 15 is 0 Å². The van der Waals surface area contributed by atoms with E-state index in [1.807, 2.05) is 67.0 Å². The minimum atomic E-state index is 0.598. The van der Waals surface area contributed by atoms with E-state index in [0.29, 0.717) is 17.5 Å². The lowest BCUT2D eigenvalue weighted by Crippen LogP contribution is -2.00. The lowest BCUT2D eigenvalue weighted by atomic mass is 9.93. The summed E-state index contributed by atoms with van der Waals surface area (Å²) in [6.45, 7) is 0. The molecule has 0 bridgehead atoms. The van der Waals surface area contributed by atoms with Crippen LogP contribution in [0.5, 0.6) is 0 Å². The van der Waals surface area contributed by atoms with Crippen molar-refractivity contribution in [2.75, 3.05) is 0 Å². The number of nitrogens with zero attached hydrogens (tertiary/aromatic N) is 5. The molecule has 11 aromatic rings. The highest BCUT2D eigenvalue weighted by Crippen LogP contribution is 2.38. The van der Waals surface area contributed by atoms with Crippen molar-refractivity contribution < 1.29 is 0 Å². The molecule has 60 heavy (non-hydrogen) atoms. The molecule has 8 aromatic carbocycles. The van der Waals surface area contributed by atoms with E-state index in [0.717, 1.165) is 66.8 Å². The van der Waals surface area contributed by atoms with E-state index in [-0.39, 0.29) is 0 Å². The van der Waals surface area contributed by atoms with E-state index in [4.69, 9.17) is 15.0 Å². The Balaban J connectivity index is 1.09. The van der Waals surface area contributed by atoms with Gasteiger partial charge >= 0.3 is 0 Å². The van der Waals surface area contributed by atoms with Crippen LogP contribution in [0.4, 0.5) is 0 Å². The van der Waals surface area contributed by atoms with E-state index in [1.54, 1.807) is 0 Å². The van der Waals surface area contributed by atoms with Crippen LogP contribution in [0.2, 0.25) is 0 Å². The summed E-state index contributed by atoms with van der Waals surface area (Å²) in [6, 6.07) is 69.8. The highest BCUT2D eigenvalue weighted by atomic mass is 15.0. The Morgan fingerprint density at radius 1 is 0.217 bits per heavy atom. The molecule has 5 nitrogen and oxygen atoms in total. The summed E-state index contributed by atoms with van der Waals surface area (Å²) in [6.07, 6.45) is 3.65. The van der Waals surface area contributed by atoms with Crippen molar-refractivity contribution in [1.82, 2.24) is 24.9 Å². The summed E-state index contributed by atoms with van der Waals surface area (Å²) in [4.78, 5) is 24.8. The predicted molar refractivity (Wildman–Crippen MR) is 246 cm³/mol. The van der Waals surface area contributed by atoms with Gasteiger partial charge in [-0.05, 0) is 103 Å². The second-order valence-electron chi connectivity index (χ2n) is 14.9. The SMILES string of the molecule is c1ccc(-c2nc(-c3cc(-c4ccc(-c5ccccn5)cc4)cc(-c4ccc(-c5ccccn5)cc4)c3)nc(-c3ccc4c5ccccc5c5ccccc5c4c3)n2)cc1. The quantitative estimate of drug-likeness (QED) is 0.151. The summed E-state index contributed by atoms with van der Waals surface area (Å²) >= 11 is 0. The van der Waals surface area contributed by atoms with Gasteiger partial charge in [-0.1, -0.05) is 152 Å². The Hall–Kier alpha value is -8.15. The number of aromatic nitrogens is 5. The van der Waals surface area contributed by atoms with Gasteiger partial charge < -0.3 is 0 Å². The number of benzene rings is 8. The van der Waals surface area contributed by atoms with Crippen LogP contribution >= 0.6 is 0 Å². The molecule has 0 fully saturated rings. The van der Waals surface area contributed by atoms with E-state index < -0.39 is 0 Å². The zero-order chi connectivity index (χ0) is 39.8. The first kappa shape index (κ1) is 35.0. The molecule has 5 heteroatoms. The molecule has 0 spiro atoms. The van der Waals surface area contributed by atoms with Crippen LogP contribution in [0.25, 0.3) is 111 Å². The molecule has 0 aliphatic heterocycles. The lowest BCUT2D eigenvalue weighted by Gasteiger charge is -2.14. The van der Waals surface area contributed by atoms with Crippen molar-refractivity contribution in [2.45, 2.75) is 0 Å². The molecule has 3 heterocycles. The van der Waals surface area contributed by atoms with E-state index in [1.165, 1.54) is 26.9 Å². The van der Waals surface area contributed by atoms with Crippen molar-refractivity contribution in [3.63, 3.8) is 0 Å². The number of rotatable bonds is 7. The molecular formula is C55H35N5. The number of hydrogen-bond donors (Lipinski definition) is 0. The summed E-state index contributed by atoms with van der Waals surface area (Å²) in [5.74, 6) is 1.83. The summed E-state index contributed by atoms with van der Waals surface area (Å²) < 4.78 is 0. The van der Waals surface area contributed by atoms with E-state index in [2.05, 4.69) is 156 Å². The van der Waals surface area contributed by atoms with Gasteiger partial charge in [-0.3, -0.25) is 9.97 Å². The van der Waals surface area contributed by atoms with Crippen LogP contribution in [0, 0.1) is 0 Å². The van der Waals surface area contributed by atoms with Gasteiger partial charge in [-0.2, -0.15) is 0 Å². The van der Waals surface area contributed by atoms with Crippen LogP contribution in [0.3, 0.4) is 0 Å². The minimum Gasteiger partial charge on any atom is -0.256 e. The Morgan fingerprint density at radius 3 is 1.10 bits per heavy atom. The van der Waals surface area contributed by atoms with Gasteiger partial charge in [0.2, 0.25) is 0 Å². The molecule has 0 N–H and O–H groups in total. The first-order chi connectivity index (χ1) is 29.7. The molecule has 0 amide bonds. The zero-order valence-corrected chi connectivity index (χ0v) is 32.4. The molecule has 280 valence electrons. The summed E-state index contributed by atoms with van der Waals surface area (Å²) in [5, 5.41) is 7.26. The predicted octanol–water partition coefficient (Wildman–Crippen LogP) is 13.8. The maximum absolute atomic E-state index is 5.29. The molecule has 0 aliphatic carbocycles. The zero-order valence-electron chi connectivity index (χ0n) is 32.4. The number of hydrogen-bond acceptors (Lipinski definition) is 5. The third-order valence-electron chi connectivity index (χ3n) is 11.2. The standard InChI is InChI=1S/C55H35N5/c1-2-12-40(13-3-1)53-58-54(41-28-29-49-47-16-5-4-14-45(47)46-15-6-7-17-48(46)50(49)35-41)60-55(59-53)44-33-42(36-20-24-38(25-21-36)51-18-8-10-30-56-51)32-43(34-44)37-22-26-39(27-23-37)52-19-9-11-31-57-52/h1-35H. The molecule has 3 aromatic heterocycles. The normalized spacial score (nSPS) is 11.3. The van der Waals surface area contributed by atoms with Crippen LogP contribution in [0.1, 0.15) is 0 Å². The molecular weight excluding hydrogens is 731 g/mol. The van der Waals surface area contributed by atoms with Gasteiger partial charge in [-0.25, -0.2) is 15.0 Å². The molecule has 11 rings (SSSR count). The molecule has 0 aliphatic rings. The Labute approximate surface area is 347 Å². The second-order valence-corrected chi connectivity index (χ2v) is 14.9. The molecule has 0 unspecified atom stereocenters. The van der Waals surface area contributed by atoms with Crippen molar-refractivity contribution in [1.29, 1.82) is 0 Å². The molecule has 0 saturated carbocycles. The van der Waals surface area contributed by atoms with Crippen LogP contribution in [0.15, 0.2) is 213 Å². The highest BCUT2D eigenvalue weighted by molar-refractivity contribution is 6.25. The Bertz CT molecular complexity index is 3200. The monoisotopic (exact) mass is 765 g/mol. The maximum Gasteiger partial charge on any atom is 0.164 e. The van der Waals surface area contributed by atoms with Crippen LogP contribution in [-0.2, 0) is 0 Å². The fraction of sp³-hybridized carbons (Fsp3) is 0. The van der Waals surface area contributed by atoms with Crippen molar-refractivity contribution in [3.05, 3.63) is 213 Å². The first-order valence-electron chi connectivity index (χ1n) is 20.1. The third kappa shape index (κ3) is 6.54. The lowest BCUT2D eigenvalue weighted by molar-refractivity contribution is 1.07. The van der Waals surface area contributed by atoms with Crippen LogP contribution in [-0.4, -0.2) is 24.9 Å². The smallest absolute Gasteiger partial charge is 0.164 e. The van der Waals surface area contributed by atoms with Gasteiger partial charge in [0, 0.05) is 40.2 Å². The fourth-order valence-corrected chi connectivity index (χ4v) is 8.22. The minimum absolute atomic E-state index is 0.598. The second kappa shape index (κ2) is 15.0. The summed E-state index contributed by atoms with van der Waals surface area (Å²) in [5.41, 5.74) is 11.0. The molecule has 0 saturated heterocycles. The van der Waals surface area contributed by atoms with Gasteiger partial charge in [0.1, 0.15) is 0 Å². The topological polar surface area (TPSA) is 64.5 Å². The average molecular weight is 766 g/mol. The van der Waals surface area contributed by atoms with Gasteiger partial charge in [0.15, 0.2) is 17.5 Å². The maximum atomic E-state index is 5.29. The largest absolute Gasteiger partial charge is 0.256 e. The van der Waals surface area contributed by atoms with Crippen molar-refractivity contribution >= 4 is 32.3 Å². The number of fused-ring (bicyclic) bond motifs is 6. The molecule has 0 radical (unpaired) electrons. The first-order valence-corrected chi connectivity index (χ1v) is 20.1. The van der Waals surface area contributed by atoms with Crippen LogP contribution < -0.4 is 0 Å². The van der Waals surface area contributed by atoms with Gasteiger partial charge in [-0.15, -0.1) is 0 Å².